The Morgan fingerprint density at radius 2 is 2.30 bits per heavy atom. The Balaban J connectivity index is 2.24. The average Bonchev–Trinajstić information content (AvgIpc) is 3.00. The first-order chi connectivity index (χ1) is 9.76. The van der Waals surface area contributed by atoms with Crippen molar-refractivity contribution in [2.45, 2.75) is 31.0 Å². The van der Waals surface area contributed by atoms with Gasteiger partial charge in [0, 0.05) is 11.4 Å². The van der Waals surface area contributed by atoms with Gasteiger partial charge in [-0.15, -0.1) is 17.9 Å². The van der Waals surface area contributed by atoms with Gasteiger partial charge in [0.25, 0.3) is 5.56 Å². The number of nitrogens with zero attached hydrogens (tertiary/aromatic N) is 2. The molecule has 2 aromatic heterocycles. The summed E-state index contributed by atoms with van der Waals surface area (Å²) >= 11 is 2.92. The molecule has 0 fully saturated rings. The number of rotatable bonds is 5. The lowest BCUT2D eigenvalue weighted by molar-refractivity contribution is -0.105. The topological polar surface area (TPSA) is 52.0 Å². The standard InChI is InChI=1S/C14H14N2O2S2/c1-2-6-16-13(18)11-9-4-3-5-10(9)20-12(11)15-14(16)19-8-7-17/h2,7H,1,3-6,8H2. The van der Waals surface area contributed by atoms with E-state index in [1.165, 1.54) is 22.2 Å². The normalized spacial score (nSPS) is 13.6. The molecule has 2 heterocycles. The number of hydrogen-bond donors (Lipinski definition) is 0. The highest BCUT2D eigenvalue weighted by Crippen LogP contribution is 2.35. The largest absolute Gasteiger partial charge is 0.302 e. The lowest BCUT2D eigenvalue weighted by Crippen LogP contribution is -2.23. The lowest BCUT2D eigenvalue weighted by atomic mass is 10.2. The fourth-order valence-corrected chi connectivity index (χ4v) is 4.56. The number of thioether (sulfide) groups is 1. The Labute approximate surface area is 124 Å². The summed E-state index contributed by atoms with van der Waals surface area (Å²) in [5.74, 6) is 0.306. The van der Waals surface area contributed by atoms with Crippen molar-refractivity contribution in [2.75, 3.05) is 5.75 Å². The number of carbonyl (C=O) groups excluding carboxylic acids is 1. The summed E-state index contributed by atoms with van der Waals surface area (Å²) in [6.07, 6.45) is 5.66. The van der Waals surface area contributed by atoms with Crippen molar-refractivity contribution in [3.05, 3.63) is 33.4 Å². The van der Waals surface area contributed by atoms with Crippen molar-refractivity contribution >= 4 is 39.6 Å². The highest BCUT2D eigenvalue weighted by atomic mass is 32.2. The number of carbonyl (C=O) groups is 1. The van der Waals surface area contributed by atoms with Gasteiger partial charge in [-0.05, 0) is 24.8 Å². The molecule has 0 saturated carbocycles. The van der Waals surface area contributed by atoms with Gasteiger partial charge < -0.3 is 4.79 Å². The fourth-order valence-electron chi connectivity index (χ4n) is 2.57. The van der Waals surface area contributed by atoms with E-state index >= 15 is 0 Å². The Hall–Kier alpha value is -1.40. The van der Waals surface area contributed by atoms with Crippen LogP contribution in [0.1, 0.15) is 16.9 Å². The van der Waals surface area contributed by atoms with E-state index in [1.807, 2.05) is 0 Å². The maximum atomic E-state index is 12.7. The maximum Gasteiger partial charge on any atom is 0.263 e. The van der Waals surface area contributed by atoms with Crippen LogP contribution in [0, 0.1) is 0 Å². The number of fused-ring (bicyclic) bond motifs is 3. The minimum absolute atomic E-state index is 0.00250. The van der Waals surface area contributed by atoms with Gasteiger partial charge in [-0.1, -0.05) is 17.8 Å². The third-order valence-corrected chi connectivity index (χ3v) is 5.44. The molecule has 0 spiro atoms. The maximum absolute atomic E-state index is 12.7. The number of hydrogen-bond acceptors (Lipinski definition) is 5. The van der Waals surface area contributed by atoms with Crippen molar-refractivity contribution in [1.82, 2.24) is 9.55 Å². The van der Waals surface area contributed by atoms with Crippen molar-refractivity contribution in [1.29, 1.82) is 0 Å². The molecule has 0 saturated heterocycles. The molecule has 0 amide bonds. The first-order valence-corrected chi connectivity index (χ1v) is 8.29. The minimum Gasteiger partial charge on any atom is -0.302 e. The van der Waals surface area contributed by atoms with Crippen LogP contribution in [0.25, 0.3) is 10.2 Å². The quantitative estimate of drug-likeness (QED) is 0.368. The van der Waals surface area contributed by atoms with Gasteiger partial charge in [0.05, 0.1) is 11.1 Å². The van der Waals surface area contributed by atoms with Crippen LogP contribution in [0.15, 0.2) is 22.6 Å². The molecule has 20 heavy (non-hydrogen) atoms. The zero-order chi connectivity index (χ0) is 14.1. The molecule has 0 atom stereocenters. The summed E-state index contributed by atoms with van der Waals surface area (Å²) in [4.78, 5) is 30.0. The first-order valence-electron chi connectivity index (χ1n) is 6.48. The Morgan fingerprint density at radius 3 is 3.05 bits per heavy atom. The number of allylic oxidation sites excluding steroid dienone is 1. The molecular weight excluding hydrogens is 292 g/mol. The van der Waals surface area contributed by atoms with Gasteiger partial charge in [-0.3, -0.25) is 9.36 Å². The predicted molar refractivity (Wildman–Crippen MR) is 82.9 cm³/mol. The molecule has 1 aliphatic carbocycles. The summed E-state index contributed by atoms with van der Waals surface area (Å²) in [5, 5.41) is 1.38. The highest BCUT2D eigenvalue weighted by Gasteiger charge is 2.22. The molecule has 0 aromatic carbocycles. The second-order valence-corrected chi connectivity index (χ2v) is 6.68. The molecule has 0 radical (unpaired) electrons. The summed E-state index contributed by atoms with van der Waals surface area (Å²) < 4.78 is 1.62. The molecule has 4 nitrogen and oxygen atoms in total. The van der Waals surface area contributed by atoms with Crippen LogP contribution in [0.4, 0.5) is 0 Å². The Bertz CT molecular complexity index is 746. The monoisotopic (exact) mass is 306 g/mol. The Morgan fingerprint density at radius 1 is 1.45 bits per heavy atom. The van der Waals surface area contributed by atoms with Crippen molar-refractivity contribution in [3.8, 4) is 0 Å². The van der Waals surface area contributed by atoms with Gasteiger partial charge >= 0.3 is 0 Å². The van der Waals surface area contributed by atoms with E-state index in [0.717, 1.165) is 35.8 Å². The molecule has 0 aliphatic heterocycles. The van der Waals surface area contributed by atoms with E-state index in [1.54, 1.807) is 22.0 Å². The molecule has 0 N–H and O–H groups in total. The lowest BCUT2D eigenvalue weighted by Gasteiger charge is -2.09. The molecule has 0 bridgehead atoms. The van der Waals surface area contributed by atoms with Crippen LogP contribution in [0.5, 0.6) is 0 Å². The molecular formula is C14H14N2O2S2. The second-order valence-electron chi connectivity index (χ2n) is 4.61. The number of thiophene rings is 1. The van der Waals surface area contributed by atoms with Gasteiger partial charge in [0.2, 0.25) is 0 Å². The number of aromatic nitrogens is 2. The number of aldehydes is 1. The van der Waals surface area contributed by atoms with Crippen LogP contribution in [-0.2, 0) is 24.2 Å². The summed E-state index contributed by atoms with van der Waals surface area (Å²) in [6.45, 7) is 4.12. The molecule has 0 unspecified atom stereocenters. The van der Waals surface area contributed by atoms with Crippen LogP contribution < -0.4 is 5.56 Å². The van der Waals surface area contributed by atoms with E-state index in [9.17, 15) is 9.59 Å². The van der Waals surface area contributed by atoms with Crippen molar-refractivity contribution in [2.24, 2.45) is 0 Å². The summed E-state index contributed by atoms with van der Waals surface area (Å²) in [7, 11) is 0. The second kappa shape index (κ2) is 5.54. The van der Waals surface area contributed by atoms with E-state index in [2.05, 4.69) is 11.6 Å². The molecule has 6 heteroatoms. The van der Waals surface area contributed by atoms with Gasteiger partial charge in [-0.25, -0.2) is 4.98 Å². The molecule has 104 valence electrons. The Kier molecular flexibility index (Phi) is 3.76. The van der Waals surface area contributed by atoms with E-state index < -0.39 is 0 Å². The zero-order valence-corrected chi connectivity index (χ0v) is 12.6. The number of aryl methyl sites for hydroxylation is 2. The van der Waals surface area contributed by atoms with Gasteiger partial charge in [-0.2, -0.15) is 0 Å². The van der Waals surface area contributed by atoms with E-state index in [4.69, 9.17) is 0 Å². The molecule has 2 aromatic rings. The predicted octanol–water partition coefficient (Wildman–Crippen LogP) is 2.42. The molecule has 1 aliphatic rings. The smallest absolute Gasteiger partial charge is 0.263 e. The van der Waals surface area contributed by atoms with Crippen LogP contribution in [0.2, 0.25) is 0 Å². The van der Waals surface area contributed by atoms with Crippen LogP contribution >= 0.6 is 23.1 Å². The SMILES string of the molecule is C=CCn1c(SCC=O)nc2sc3c(c2c1=O)CCC3. The first kappa shape index (κ1) is 13.6. The van der Waals surface area contributed by atoms with Crippen LogP contribution in [-0.4, -0.2) is 21.6 Å². The third kappa shape index (κ3) is 2.13. The summed E-state index contributed by atoms with van der Waals surface area (Å²) in [6, 6.07) is 0. The highest BCUT2D eigenvalue weighted by molar-refractivity contribution is 7.99. The molecule has 3 rings (SSSR count). The summed E-state index contributed by atoms with van der Waals surface area (Å²) in [5.41, 5.74) is 1.19. The van der Waals surface area contributed by atoms with E-state index in [-0.39, 0.29) is 5.56 Å². The zero-order valence-electron chi connectivity index (χ0n) is 10.9. The van der Waals surface area contributed by atoms with E-state index in [0.29, 0.717) is 17.5 Å². The van der Waals surface area contributed by atoms with Gasteiger partial charge in [0.1, 0.15) is 11.1 Å². The van der Waals surface area contributed by atoms with Crippen molar-refractivity contribution < 1.29 is 4.79 Å². The third-order valence-electron chi connectivity index (χ3n) is 3.38. The van der Waals surface area contributed by atoms with Crippen molar-refractivity contribution in [3.63, 3.8) is 0 Å². The average molecular weight is 306 g/mol. The minimum atomic E-state index is 0.00250. The van der Waals surface area contributed by atoms with Crippen LogP contribution in [0.3, 0.4) is 0 Å². The van der Waals surface area contributed by atoms with Gasteiger partial charge in [0.15, 0.2) is 5.16 Å². The fraction of sp³-hybridized carbons (Fsp3) is 0.357.